The summed E-state index contributed by atoms with van der Waals surface area (Å²) in [5.74, 6) is 1.99. The SMILES string of the molecule is CC(C)c1c(N)ncnc1Oc1ccccc1I. The van der Waals surface area contributed by atoms with E-state index < -0.39 is 0 Å². The van der Waals surface area contributed by atoms with E-state index >= 15 is 0 Å². The highest BCUT2D eigenvalue weighted by Gasteiger charge is 2.15. The van der Waals surface area contributed by atoms with Gasteiger partial charge in [0.05, 0.1) is 9.13 Å². The molecule has 0 aliphatic carbocycles. The smallest absolute Gasteiger partial charge is 0.227 e. The largest absolute Gasteiger partial charge is 0.437 e. The summed E-state index contributed by atoms with van der Waals surface area (Å²) in [7, 11) is 0. The van der Waals surface area contributed by atoms with Crippen molar-refractivity contribution in [2.24, 2.45) is 0 Å². The molecule has 0 bridgehead atoms. The average molecular weight is 355 g/mol. The summed E-state index contributed by atoms with van der Waals surface area (Å²) in [6, 6.07) is 7.78. The lowest BCUT2D eigenvalue weighted by molar-refractivity contribution is 0.449. The van der Waals surface area contributed by atoms with Crippen LogP contribution in [0.5, 0.6) is 11.6 Å². The zero-order valence-corrected chi connectivity index (χ0v) is 12.4. The van der Waals surface area contributed by atoms with Crippen molar-refractivity contribution in [1.82, 2.24) is 9.97 Å². The van der Waals surface area contributed by atoms with E-state index in [1.54, 1.807) is 0 Å². The number of para-hydroxylation sites is 1. The molecule has 1 aromatic carbocycles. The number of nitrogen functional groups attached to an aromatic ring is 1. The van der Waals surface area contributed by atoms with Crippen molar-refractivity contribution in [2.45, 2.75) is 19.8 Å². The zero-order valence-electron chi connectivity index (χ0n) is 10.2. The van der Waals surface area contributed by atoms with Crippen molar-refractivity contribution in [1.29, 1.82) is 0 Å². The first-order valence-corrected chi connectivity index (χ1v) is 6.70. The fraction of sp³-hybridized carbons (Fsp3) is 0.231. The minimum atomic E-state index is 0.211. The van der Waals surface area contributed by atoms with Gasteiger partial charge >= 0.3 is 0 Å². The third-order valence-electron chi connectivity index (χ3n) is 2.50. The Bertz CT molecular complexity index is 558. The molecule has 0 saturated heterocycles. The van der Waals surface area contributed by atoms with Crippen molar-refractivity contribution >= 4 is 28.4 Å². The molecular weight excluding hydrogens is 341 g/mol. The first kappa shape index (κ1) is 13.1. The molecule has 0 aliphatic heterocycles. The van der Waals surface area contributed by atoms with E-state index in [-0.39, 0.29) is 5.92 Å². The molecule has 0 unspecified atom stereocenters. The van der Waals surface area contributed by atoms with E-state index in [9.17, 15) is 0 Å². The number of hydrogen-bond donors (Lipinski definition) is 1. The molecule has 2 rings (SSSR count). The maximum atomic E-state index is 5.88. The minimum absolute atomic E-state index is 0.211. The van der Waals surface area contributed by atoms with Gasteiger partial charge < -0.3 is 10.5 Å². The van der Waals surface area contributed by atoms with E-state index in [4.69, 9.17) is 10.5 Å². The fourth-order valence-corrected chi connectivity index (χ4v) is 2.15. The second-order valence-electron chi connectivity index (χ2n) is 4.16. The minimum Gasteiger partial charge on any atom is -0.437 e. The van der Waals surface area contributed by atoms with Crippen molar-refractivity contribution < 1.29 is 4.74 Å². The summed E-state index contributed by atoms with van der Waals surface area (Å²) in [4.78, 5) is 8.19. The maximum absolute atomic E-state index is 5.88. The Morgan fingerprint density at radius 1 is 1.22 bits per heavy atom. The van der Waals surface area contributed by atoms with Gasteiger partial charge in [-0.2, -0.15) is 0 Å². The molecule has 2 N–H and O–H groups in total. The molecule has 0 amide bonds. The van der Waals surface area contributed by atoms with Crippen molar-refractivity contribution in [3.05, 3.63) is 39.7 Å². The highest BCUT2D eigenvalue weighted by atomic mass is 127. The van der Waals surface area contributed by atoms with Gasteiger partial charge in [-0.15, -0.1) is 0 Å². The van der Waals surface area contributed by atoms with E-state index in [1.165, 1.54) is 6.33 Å². The second-order valence-corrected chi connectivity index (χ2v) is 5.33. The third-order valence-corrected chi connectivity index (χ3v) is 3.39. The van der Waals surface area contributed by atoms with Crippen LogP contribution in [0.25, 0.3) is 0 Å². The molecule has 5 heteroatoms. The number of nitrogens with two attached hydrogens (primary N) is 1. The normalized spacial score (nSPS) is 10.7. The van der Waals surface area contributed by atoms with Gasteiger partial charge in [0.2, 0.25) is 5.88 Å². The Hall–Kier alpha value is -1.37. The Labute approximate surface area is 120 Å². The molecule has 2 aromatic rings. The monoisotopic (exact) mass is 355 g/mol. The lowest BCUT2D eigenvalue weighted by Crippen LogP contribution is -2.04. The molecule has 18 heavy (non-hydrogen) atoms. The van der Waals surface area contributed by atoms with Gasteiger partial charge in [-0.25, -0.2) is 9.97 Å². The van der Waals surface area contributed by atoms with Crippen molar-refractivity contribution in [3.8, 4) is 11.6 Å². The van der Waals surface area contributed by atoms with Gasteiger partial charge in [0.15, 0.2) is 0 Å². The van der Waals surface area contributed by atoms with Gasteiger partial charge in [0.1, 0.15) is 17.9 Å². The molecule has 0 aliphatic rings. The quantitative estimate of drug-likeness (QED) is 0.855. The van der Waals surface area contributed by atoms with E-state index in [0.717, 1.165) is 14.9 Å². The van der Waals surface area contributed by atoms with E-state index in [2.05, 4.69) is 32.6 Å². The molecule has 4 nitrogen and oxygen atoms in total. The lowest BCUT2D eigenvalue weighted by Gasteiger charge is -2.14. The number of anilines is 1. The van der Waals surface area contributed by atoms with Gasteiger partial charge in [0.25, 0.3) is 0 Å². The van der Waals surface area contributed by atoms with Crippen LogP contribution < -0.4 is 10.5 Å². The molecule has 0 fully saturated rings. The molecule has 0 radical (unpaired) electrons. The van der Waals surface area contributed by atoms with Gasteiger partial charge in [0, 0.05) is 0 Å². The number of benzene rings is 1. The van der Waals surface area contributed by atoms with Crippen LogP contribution in [-0.2, 0) is 0 Å². The number of rotatable bonds is 3. The first-order chi connectivity index (χ1) is 8.59. The summed E-state index contributed by atoms with van der Waals surface area (Å²) in [6.07, 6.45) is 1.42. The van der Waals surface area contributed by atoms with Crippen LogP contribution in [0.4, 0.5) is 5.82 Å². The zero-order chi connectivity index (χ0) is 13.1. The summed E-state index contributed by atoms with van der Waals surface area (Å²) in [6.45, 7) is 4.08. The van der Waals surface area contributed by atoms with E-state index in [1.807, 2.05) is 38.1 Å². The number of ether oxygens (including phenoxy) is 1. The van der Waals surface area contributed by atoms with E-state index in [0.29, 0.717) is 11.7 Å². The van der Waals surface area contributed by atoms with Crippen LogP contribution in [0.3, 0.4) is 0 Å². The Balaban J connectivity index is 2.41. The van der Waals surface area contributed by atoms with Crippen LogP contribution in [-0.4, -0.2) is 9.97 Å². The van der Waals surface area contributed by atoms with Crippen LogP contribution in [0.15, 0.2) is 30.6 Å². The Kier molecular flexibility index (Phi) is 4.00. The predicted molar refractivity (Wildman–Crippen MR) is 79.8 cm³/mol. The molecule has 0 atom stereocenters. The van der Waals surface area contributed by atoms with Crippen molar-refractivity contribution in [3.63, 3.8) is 0 Å². The van der Waals surface area contributed by atoms with Gasteiger partial charge in [-0.1, -0.05) is 26.0 Å². The fourth-order valence-electron chi connectivity index (χ4n) is 1.65. The molecular formula is C13H14IN3O. The molecule has 1 aromatic heterocycles. The van der Waals surface area contributed by atoms with Gasteiger partial charge in [-0.3, -0.25) is 0 Å². The lowest BCUT2D eigenvalue weighted by atomic mass is 10.1. The van der Waals surface area contributed by atoms with Crippen LogP contribution >= 0.6 is 22.6 Å². The highest BCUT2D eigenvalue weighted by Crippen LogP contribution is 2.33. The molecule has 0 saturated carbocycles. The maximum Gasteiger partial charge on any atom is 0.227 e. The molecule has 94 valence electrons. The number of nitrogens with zero attached hydrogens (tertiary/aromatic N) is 2. The summed E-state index contributed by atoms with van der Waals surface area (Å²) in [5.41, 5.74) is 6.73. The average Bonchev–Trinajstić information content (AvgIpc) is 2.31. The molecule has 1 heterocycles. The van der Waals surface area contributed by atoms with Crippen molar-refractivity contribution in [2.75, 3.05) is 5.73 Å². The summed E-state index contributed by atoms with van der Waals surface area (Å²) >= 11 is 2.23. The van der Waals surface area contributed by atoms with Crippen LogP contribution in [0, 0.1) is 3.57 Å². The predicted octanol–water partition coefficient (Wildman–Crippen LogP) is 3.58. The second kappa shape index (κ2) is 5.51. The number of halogens is 1. The van der Waals surface area contributed by atoms with Crippen LogP contribution in [0.2, 0.25) is 0 Å². The third kappa shape index (κ3) is 2.72. The highest BCUT2D eigenvalue weighted by molar-refractivity contribution is 14.1. The summed E-state index contributed by atoms with van der Waals surface area (Å²) < 4.78 is 6.87. The number of hydrogen-bond acceptors (Lipinski definition) is 4. The molecule has 0 spiro atoms. The number of aromatic nitrogens is 2. The Morgan fingerprint density at radius 2 is 1.94 bits per heavy atom. The van der Waals surface area contributed by atoms with Gasteiger partial charge in [-0.05, 0) is 40.6 Å². The first-order valence-electron chi connectivity index (χ1n) is 5.62. The topological polar surface area (TPSA) is 61.0 Å². The standard InChI is InChI=1S/C13H14IN3O/c1-8(2)11-12(15)16-7-17-13(11)18-10-6-4-3-5-9(10)14/h3-8H,1-2H3,(H2,15,16,17). The van der Waals surface area contributed by atoms with Crippen LogP contribution in [0.1, 0.15) is 25.3 Å². The summed E-state index contributed by atoms with van der Waals surface area (Å²) in [5, 5.41) is 0. The Morgan fingerprint density at radius 3 is 2.61 bits per heavy atom.